The smallest absolute Gasteiger partial charge is 0.249 e. The van der Waals surface area contributed by atoms with E-state index in [-0.39, 0.29) is 29.9 Å². The van der Waals surface area contributed by atoms with Crippen LogP contribution in [0.5, 0.6) is 0 Å². The maximum absolute atomic E-state index is 14.6. The second-order valence-corrected chi connectivity index (χ2v) is 9.15. The minimum Gasteiger partial charge on any atom is -0.368 e. The van der Waals surface area contributed by atoms with Crippen LogP contribution in [0.1, 0.15) is 44.9 Å². The zero-order chi connectivity index (χ0) is 22.8. The number of aromatic amines is 1. The van der Waals surface area contributed by atoms with Gasteiger partial charge in [0.15, 0.2) is 17.5 Å². The zero-order valence-electron chi connectivity index (χ0n) is 18.1. The van der Waals surface area contributed by atoms with Crippen LogP contribution in [0.3, 0.4) is 0 Å². The molecule has 0 bridgehead atoms. The summed E-state index contributed by atoms with van der Waals surface area (Å²) in [5.41, 5.74) is 1.36. The lowest BCUT2D eigenvalue weighted by Crippen LogP contribution is -2.47. The number of carbonyl (C=O) groups excluding carboxylic acids is 1. The largest absolute Gasteiger partial charge is 0.368 e. The molecule has 2 fully saturated rings. The van der Waals surface area contributed by atoms with Gasteiger partial charge in [-0.15, -0.1) is 0 Å². The van der Waals surface area contributed by atoms with Gasteiger partial charge in [0.1, 0.15) is 11.8 Å². The van der Waals surface area contributed by atoms with Crippen molar-refractivity contribution in [2.75, 3.05) is 11.9 Å². The number of ether oxygens (including phenoxy) is 1. The van der Waals surface area contributed by atoms with E-state index in [4.69, 9.17) is 16.3 Å². The highest BCUT2D eigenvalue weighted by molar-refractivity contribution is 6.31. The van der Waals surface area contributed by atoms with E-state index >= 15 is 0 Å². The van der Waals surface area contributed by atoms with Crippen molar-refractivity contribution < 1.29 is 13.9 Å². The Morgan fingerprint density at radius 1 is 1.15 bits per heavy atom. The van der Waals surface area contributed by atoms with E-state index in [0.29, 0.717) is 35.1 Å². The minimum absolute atomic E-state index is 0.00680. The van der Waals surface area contributed by atoms with Crippen LogP contribution in [0, 0.1) is 5.82 Å². The molecule has 174 valence electrons. The third kappa shape index (κ3) is 4.94. The van der Waals surface area contributed by atoms with Gasteiger partial charge >= 0.3 is 0 Å². The van der Waals surface area contributed by atoms with Crippen LogP contribution < -0.4 is 10.6 Å². The van der Waals surface area contributed by atoms with Gasteiger partial charge < -0.3 is 20.4 Å². The van der Waals surface area contributed by atoms with Crippen molar-refractivity contribution in [1.29, 1.82) is 0 Å². The summed E-state index contributed by atoms with van der Waals surface area (Å²) in [7, 11) is 0. The van der Waals surface area contributed by atoms with E-state index in [0.717, 1.165) is 43.9 Å². The maximum atomic E-state index is 14.6. The number of aromatic nitrogens is 4. The quantitative estimate of drug-likeness (QED) is 0.513. The summed E-state index contributed by atoms with van der Waals surface area (Å²) in [6.45, 7) is 0.640. The van der Waals surface area contributed by atoms with Gasteiger partial charge in [0, 0.05) is 42.0 Å². The van der Waals surface area contributed by atoms with Gasteiger partial charge in [-0.1, -0.05) is 11.6 Å². The van der Waals surface area contributed by atoms with E-state index < -0.39 is 5.82 Å². The number of H-pyrrole nitrogens is 1. The van der Waals surface area contributed by atoms with Crippen LogP contribution >= 0.6 is 11.6 Å². The SMILES string of the molecule is O=C(N[C@H]1CCC[C@@H](Nc2nc(-c3c[nH]c4ncc(Cl)cc34)ncc2F)C1)C1CCCCO1. The average molecular weight is 473 g/mol. The van der Waals surface area contributed by atoms with Crippen LogP contribution in [0.2, 0.25) is 5.02 Å². The molecule has 1 unspecified atom stereocenters. The predicted molar refractivity (Wildman–Crippen MR) is 123 cm³/mol. The van der Waals surface area contributed by atoms with Gasteiger partial charge in [-0.25, -0.2) is 19.3 Å². The number of rotatable bonds is 5. The molecule has 3 aromatic rings. The Morgan fingerprint density at radius 3 is 2.88 bits per heavy atom. The Kier molecular flexibility index (Phi) is 6.41. The molecule has 1 saturated carbocycles. The first-order valence-electron chi connectivity index (χ1n) is 11.4. The fraction of sp³-hybridized carbons (Fsp3) is 0.478. The molecule has 1 aliphatic carbocycles. The molecule has 33 heavy (non-hydrogen) atoms. The Morgan fingerprint density at radius 2 is 2.03 bits per heavy atom. The molecule has 0 spiro atoms. The van der Waals surface area contributed by atoms with Crippen LogP contribution in [0.15, 0.2) is 24.7 Å². The lowest BCUT2D eigenvalue weighted by Gasteiger charge is -2.32. The van der Waals surface area contributed by atoms with Gasteiger partial charge in [-0.3, -0.25) is 4.79 Å². The van der Waals surface area contributed by atoms with E-state index in [1.165, 1.54) is 6.20 Å². The van der Waals surface area contributed by atoms with Crippen LogP contribution in [-0.2, 0) is 9.53 Å². The lowest BCUT2D eigenvalue weighted by molar-refractivity contribution is -0.136. The number of halogens is 2. The average Bonchev–Trinajstić information content (AvgIpc) is 3.24. The van der Waals surface area contributed by atoms with E-state index in [9.17, 15) is 9.18 Å². The van der Waals surface area contributed by atoms with Crippen molar-refractivity contribution in [3.63, 3.8) is 0 Å². The standard InChI is InChI=1S/C23H26ClFN6O2/c24-13-8-16-17(11-27-20(16)26-10-13)21-28-12-18(25)22(31-21)29-14-4-3-5-15(9-14)30-23(32)19-6-1-2-7-33-19/h8,10-12,14-15,19H,1-7,9H2,(H,26,27)(H,30,32)(H,28,29,31)/t14-,15+,19?/m1/s1. The first-order valence-corrected chi connectivity index (χ1v) is 11.8. The summed E-state index contributed by atoms with van der Waals surface area (Å²) in [6.07, 6.45) is 10.3. The molecule has 1 saturated heterocycles. The fourth-order valence-corrected chi connectivity index (χ4v) is 4.81. The maximum Gasteiger partial charge on any atom is 0.249 e. The molecule has 10 heteroatoms. The molecule has 3 N–H and O–H groups in total. The third-order valence-corrected chi connectivity index (χ3v) is 6.52. The second kappa shape index (κ2) is 9.61. The summed E-state index contributed by atoms with van der Waals surface area (Å²) < 4.78 is 20.2. The summed E-state index contributed by atoms with van der Waals surface area (Å²) >= 11 is 6.09. The molecule has 3 atom stereocenters. The van der Waals surface area contributed by atoms with Gasteiger partial charge in [0.05, 0.1) is 11.2 Å². The molecule has 4 heterocycles. The van der Waals surface area contributed by atoms with Gasteiger partial charge in [-0.05, 0) is 51.0 Å². The molecule has 8 nitrogen and oxygen atoms in total. The highest BCUT2D eigenvalue weighted by atomic mass is 35.5. The first kappa shape index (κ1) is 22.0. The molecule has 2 aliphatic rings. The highest BCUT2D eigenvalue weighted by Gasteiger charge is 2.28. The number of hydrogen-bond acceptors (Lipinski definition) is 6. The molecule has 1 aliphatic heterocycles. The highest BCUT2D eigenvalue weighted by Crippen LogP contribution is 2.29. The van der Waals surface area contributed by atoms with Crippen molar-refractivity contribution >= 4 is 34.4 Å². The number of anilines is 1. The molecule has 0 aromatic carbocycles. The number of hydrogen-bond donors (Lipinski definition) is 3. The van der Waals surface area contributed by atoms with Crippen LogP contribution in [0.4, 0.5) is 10.2 Å². The number of nitrogens with one attached hydrogen (secondary N) is 3. The monoisotopic (exact) mass is 472 g/mol. The number of nitrogens with zero attached hydrogens (tertiary/aromatic N) is 3. The topological polar surface area (TPSA) is 105 Å². The van der Waals surface area contributed by atoms with Gasteiger partial charge in [-0.2, -0.15) is 0 Å². The number of fused-ring (bicyclic) bond motifs is 1. The molecule has 3 aromatic heterocycles. The zero-order valence-corrected chi connectivity index (χ0v) is 18.9. The second-order valence-electron chi connectivity index (χ2n) is 8.71. The van der Waals surface area contributed by atoms with Crippen molar-refractivity contribution in [3.8, 4) is 11.4 Å². The molecule has 5 rings (SSSR count). The van der Waals surface area contributed by atoms with Gasteiger partial charge in [0.2, 0.25) is 5.91 Å². The lowest BCUT2D eigenvalue weighted by atomic mass is 9.90. The Labute approximate surface area is 195 Å². The van der Waals surface area contributed by atoms with Crippen molar-refractivity contribution in [2.24, 2.45) is 0 Å². The van der Waals surface area contributed by atoms with E-state index in [1.54, 1.807) is 18.5 Å². The fourth-order valence-electron chi connectivity index (χ4n) is 4.65. The van der Waals surface area contributed by atoms with Crippen LogP contribution in [-0.4, -0.2) is 50.6 Å². The van der Waals surface area contributed by atoms with Crippen LogP contribution in [0.25, 0.3) is 22.4 Å². The predicted octanol–water partition coefficient (Wildman–Crippen LogP) is 4.22. The number of amides is 1. The normalized spacial score (nSPS) is 23.4. The summed E-state index contributed by atoms with van der Waals surface area (Å²) in [5.74, 6) is -0.0276. The number of carbonyl (C=O) groups is 1. The molecular formula is C23H26ClFN6O2. The Hall–Kier alpha value is -2.78. The molecule has 0 radical (unpaired) electrons. The summed E-state index contributed by atoms with van der Waals surface area (Å²) in [6, 6.07) is 1.80. The molecule has 1 amide bonds. The Balaban J connectivity index is 1.28. The van der Waals surface area contributed by atoms with Crippen molar-refractivity contribution in [1.82, 2.24) is 25.3 Å². The van der Waals surface area contributed by atoms with Crippen molar-refractivity contribution in [2.45, 2.75) is 63.1 Å². The minimum atomic E-state index is -0.517. The van der Waals surface area contributed by atoms with E-state index in [1.807, 2.05) is 0 Å². The Bertz CT molecular complexity index is 1150. The summed E-state index contributed by atoms with van der Waals surface area (Å²) in [5, 5.41) is 7.62. The first-order chi connectivity index (χ1) is 16.1. The third-order valence-electron chi connectivity index (χ3n) is 6.32. The summed E-state index contributed by atoms with van der Waals surface area (Å²) in [4.78, 5) is 28.5. The van der Waals surface area contributed by atoms with Crippen molar-refractivity contribution in [3.05, 3.63) is 35.5 Å². The number of pyridine rings is 1. The molecular weight excluding hydrogens is 447 g/mol. The van der Waals surface area contributed by atoms with Gasteiger partial charge in [0.25, 0.3) is 0 Å². The van der Waals surface area contributed by atoms with E-state index in [2.05, 4.69) is 30.6 Å².